The average Bonchev–Trinajstić information content (AvgIpc) is 3.21. The number of benzene rings is 1. The van der Waals surface area contributed by atoms with E-state index in [4.69, 9.17) is 19.2 Å². The Morgan fingerprint density at radius 3 is 2.76 bits per heavy atom. The molecule has 2 aliphatic rings. The quantitative estimate of drug-likeness (QED) is 0.447. The Hall–Kier alpha value is -3.72. The number of pyridine rings is 2. The molecule has 1 atom stereocenters. The van der Waals surface area contributed by atoms with Gasteiger partial charge in [-0.1, -0.05) is 6.92 Å². The highest BCUT2D eigenvalue weighted by molar-refractivity contribution is 5.89. The molecule has 4 heterocycles. The van der Waals surface area contributed by atoms with Crippen LogP contribution in [0.3, 0.4) is 0 Å². The number of carbonyl (C=O) groups excluding carboxylic acids is 2. The van der Waals surface area contributed by atoms with Crippen molar-refractivity contribution in [1.29, 1.82) is 0 Å². The summed E-state index contributed by atoms with van der Waals surface area (Å²) in [5, 5.41) is 11.8. The van der Waals surface area contributed by atoms with Gasteiger partial charge in [0.1, 0.15) is 12.4 Å². The maximum Gasteiger partial charge on any atom is 0.343 e. The number of aromatic nitrogens is 2. The van der Waals surface area contributed by atoms with Gasteiger partial charge in [-0.3, -0.25) is 9.59 Å². The second-order valence-corrected chi connectivity index (χ2v) is 8.49. The molecule has 5 rings (SSSR count). The van der Waals surface area contributed by atoms with Crippen molar-refractivity contribution in [3.63, 3.8) is 0 Å². The summed E-state index contributed by atoms with van der Waals surface area (Å²) in [5.74, 6) is -0.429. The lowest BCUT2D eigenvalue weighted by Gasteiger charge is -2.31. The lowest BCUT2D eigenvalue weighted by atomic mass is 9.86. The number of fused-ring (bicyclic) bond motifs is 5. The van der Waals surface area contributed by atoms with Crippen molar-refractivity contribution in [2.75, 3.05) is 14.2 Å². The van der Waals surface area contributed by atoms with Crippen LogP contribution in [0.2, 0.25) is 0 Å². The maximum absolute atomic E-state index is 13.3. The first kappa shape index (κ1) is 22.1. The van der Waals surface area contributed by atoms with Crippen molar-refractivity contribution in [3.8, 4) is 17.1 Å². The fourth-order valence-electron chi connectivity index (χ4n) is 4.87. The van der Waals surface area contributed by atoms with Gasteiger partial charge in [-0.2, -0.15) is 0 Å². The SMILES string of the molecule is CC[C@@]1(O)C(=O)OCc2c1cc1n(c2=O)Cc2cc3c(CCC(=O)OC)c(OC)ccc3nc2-1. The lowest BCUT2D eigenvalue weighted by molar-refractivity contribution is -0.172. The van der Waals surface area contributed by atoms with Crippen LogP contribution >= 0.6 is 0 Å². The van der Waals surface area contributed by atoms with Gasteiger partial charge in [0.15, 0.2) is 5.60 Å². The summed E-state index contributed by atoms with van der Waals surface area (Å²) in [4.78, 5) is 42.2. The minimum absolute atomic E-state index is 0.0864. The number of hydrogen-bond acceptors (Lipinski definition) is 8. The van der Waals surface area contributed by atoms with Crippen molar-refractivity contribution in [2.45, 2.75) is 44.9 Å². The molecule has 1 aromatic carbocycles. The number of cyclic esters (lactones) is 1. The third-order valence-corrected chi connectivity index (χ3v) is 6.79. The first-order valence-electron chi connectivity index (χ1n) is 11.1. The van der Waals surface area contributed by atoms with Gasteiger partial charge in [-0.25, -0.2) is 9.78 Å². The molecule has 0 radical (unpaired) electrons. The molecule has 2 aliphatic heterocycles. The smallest absolute Gasteiger partial charge is 0.343 e. The second kappa shape index (κ2) is 7.95. The van der Waals surface area contributed by atoms with E-state index in [0.29, 0.717) is 35.6 Å². The van der Waals surface area contributed by atoms with E-state index in [1.165, 1.54) is 7.11 Å². The largest absolute Gasteiger partial charge is 0.496 e. The highest BCUT2D eigenvalue weighted by Crippen LogP contribution is 2.39. The van der Waals surface area contributed by atoms with Crippen LogP contribution in [-0.2, 0) is 44.2 Å². The molecular weight excluding hydrogens is 440 g/mol. The predicted molar refractivity (Wildman–Crippen MR) is 121 cm³/mol. The highest BCUT2D eigenvalue weighted by atomic mass is 16.6. The maximum atomic E-state index is 13.3. The molecule has 0 spiro atoms. The Morgan fingerprint density at radius 2 is 2.06 bits per heavy atom. The van der Waals surface area contributed by atoms with Gasteiger partial charge in [-0.05, 0) is 37.1 Å². The summed E-state index contributed by atoms with van der Waals surface area (Å²) in [7, 11) is 2.92. The van der Waals surface area contributed by atoms with Gasteiger partial charge < -0.3 is 23.9 Å². The highest BCUT2D eigenvalue weighted by Gasteiger charge is 2.45. The molecule has 0 bridgehead atoms. The van der Waals surface area contributed by atoms with E-state index in [1.54, 1.807) is 30.7 Å². The van der Waals surface area contributed by atoms with E-state index in [-0.39, 0.29) is 42.1 Å². The van der Waals surface area contributed by atoms with Crippen LogP contribution in [0.5, 0.6) is 5.75 Å². The number of methoxy groups -OCH3 is 2. The van der Waals surface area contributed by atoms with Crippen LogP contribution in [0.4, 0.5) is 0 Å². The number of aryl methyl sites for hydroxylation is 1. The van der Waals surface area contributed by atoms with E-state index in [1.807, 2.05) is 12.1 Å². The van der Waals surface area contributed by atoms with E-state index < -0.39 is 11.6 Å². The summed E-state index contributed by atoms with van der Waals surface area (Å²) in [6, 6.07) is 7.28. The number of nitrogens with zero attached hydrogens (tertiary/aromatic N) is 2. The summed E-state index contributed by atoms with van der Waals surface area (Å²) in [6.07, 6.45) is 0.694. The number of carbonyl (C=O) groups is 2. The fourth-order valence-corrected chi connectivity index (χ4v) is 4.87. The topological polar surface area (TPSA) is 117 Å². The molecular formula is C25H24N2O7. The van der Waals surface area contributed by atoms with Crippen molar-refractivity contribution in [1.82, 2.24) is 9.55 Å². The van der Waals surface area contributed by atoms with E-state index in [0.717, 1.165) is 16.5 Å². The van der Waals surface area contributed by atoms with Crippen molar-refractivity contribution >= 4 is 22.8 Å². The number of aliphatic hydroxyl groups is 1. The van der Waals surface area contributed by atoms with E-state index in [2.05, 4.69) is 0 Å². The molecule has 9 heteroatoms. The molecule has 1 N–H and O–H groups in total. The van der Waals surface area contributed by atoms with Crippen LogP contribution in [0.25, 0.3) is 22.3 Å². The molecule has 0 saturated carbocycles. The van der Waals surface area contributed by atoms with Gasteiger partial charge in [0.05, 0.1) is 43.2 Å². The van der Waals surface area contributed by atoms with Gasteiger partial charge in [0.25, 0.3) is 5.56 Å². The van der Waals surface area contributed by atoms with Crippen LogP contribution in [0, 0.1) is 0 Å². The lowest BCUT2D eigenvalue weighted by Crippen LogP contribution is -2.44. The van der Waals surface area contributed by atoms with Crippen LogP contribution in [0.15, 0.2) is 29.1 Å². The van der Waals surface area contributed by atoms with Gasteiger partial charge >= 0.3 is 11.9 Å². The zero-order valence-corrected chi connectivity index (χ0v) is 19.1. The van der Waals surface area contributed by atoms with Crippen LogP contribution in [0.1, 0.15) is 42.0 Å². The molecule has 0 aliphatic carbocycles. The molecule has 0 amide bonds. The molecule has 0 saturated heterocycles. The van der Waals surface area contributed by atoms with Crippen molar-refractivity contribution < 1.29 is 28.9 Å². The molecule has 9 nitrogen and oxygen atoms in total. The number of esters is 2. The average molecular weight is 464 g/mol. The Bertz CT molecular complexity index is 1430. The minimum atomic E-state index is -1.86. The van der Waals surface area contributed by atoms with Crippen molar-refractivity contribution in [3.05, 3.63) is 56.9 Å². The first-order chi connectivity index (χ1) is 16.3. The van der Waals surface area contributed by atoms with Gasteiger partial charge in [0, 0.05) is 28.5 Å². The molecule has 3 aromatic rings. The summed E-state index contributed by atoms with van der Waals surface area (Å²) in [5.41, 5.74) is 1.91. The zero-order valence-electron chi connectivity index (χ0n) is 19.1. The predicted octanol–water partition coefficient (Wildman–Crippen LogP) is 2.19. The van der Waals surface area contributed by atoms with Gasteiger partial charge in [-0.15, -0.1) is 0 Å². The molecule has 176 valence electrons. The summed E-state index contributed by atoms with van der Waals surface area (Å²) < 4.78 is 17.0. The normalized spacial score (nSPS) is 18.2. The van der Waals surface area contributed by atoms with E-state index in [9.17, 15) is 19.5 Å². The Kier molecular flexibility index (Phi) is 5.16. The minimum Gasteiger partial charge on any atom is -0.496 e. The summed E-state index contributed by atoms with van der Waals surface area (Å²) in [6.45, 7) is 1.80. The van der Waals surface area contributed by atoms with Crippen molar-refractivity contribution in [2.24, 2.45) is 0 Å². The Labute approximate surface area is 194 Å². The van der Waals surface area contributed by atoms with Crippen LogP contribution < -0.4 is 10.3 Å². The number of rotatable bonds is 5. The van der Waals surface area contributed by atoms with Gasteiger partial charge in [0.2, 0.25) is 0 Å². The molecule has 0 fully saturated rings. The first-order valence-corrected chi connectivity index (χ1v) is 11.1. The monoisotopic (exact) mass is 464 g/mol. The van der Waals surface area contributed by atoms with E-state index >= 15 is 0 Å². The molecule has 34 heavy (non-hydrogen) atoms. The Balaban J connectivity index is 1.68. The number of ether oxygens (including phenoxy) is 3. The number of hydrogen-bond donors (Lipinski definition) is 1. The third-order valence-electron chi connectivity index (χ3n) is 6.79. The zero-order chi connectivity index (χ0) is 24.2. The Morgan fingerprint density at radius 1 is 1.26 bits per heavy atom. The molecule has 2 aromatic heterocycles. The summed E-state index contributed by atoms with van der Waals surface area (Å²) >= 11 is 0. The fraction of sp³-hybridized carbons (Fsp3) is 0.360. The third kappa shape index (κ3) is 3.11. The standard InChI is InChI=1S/C25H24N2O7/c1-4-25(31)17-10-19-22-13(11-27(19)23(29)16(17)12-34-24(25)30)9-15-14(5-8-21(28)33-3)20(32-2)7-6-18(15)26-22/h6-7,9-10,31H,4-5,8,11-12H2,1-3H3/t25-/m0/s1. The van der Waals surface area contributed by atoms with Crippen LogP contribution in [-0.4, -0.2) is 40.8 Å². The second-order valence-electron chi connectivity index (χ2n) is 8.49. The molecule has 0 unspecified atom stereocenters.